The molecule has 1 aliphatic carbocycles. The molecule has 0 N–H and O–H groups in total. The lowest BCUT2D eigenvalue weighted by atomic mass is 9.95. The van der Waals surface area contributed by atoms with Crippen molar-refractivity contribution in [1.29, 1.82) is 0 Å². The molecule has 114 valence electrons. The van der Waals surface area contributed by atoms with Crippen LogP contribution < -0.4 is 10.4 Å². The molecule has 1 aliphatic rings. The minimum absolute atomic E-state index is 1.13. The van der Waals surface area contributed by atoms with E-state index in [9.17, 15) is 0 Å². The van der Waals surface area contributed by atoms with E-state index in [0.29, 0.717) is 0 Å². The van der Waals surface area contributed by atoms with E-state index in [1.165, 1.54) is 31.3 Å². The van der Waals surface area contributed by atoms with Crippen molar-refractivity contribution in [3.05, 3.63) is 129 Å². The maximum Gasteiger partial charge on any atom is -0.00990 e. The molecule has 4 rings (SSSR count). The molecule has 0 spiro atoms. The Morgan fingerprint density at radius 2 is 0.667 bits per heavy atom. The maximum atomic E-state index is 4.08. The van der Waals surface area contributed by atoms with Gasteiger partial charge in [0, 0.05) is 0 Å². The second-order valence-corrected chi connectivity index (χ2v) is 5.87. The zero-order chi connectivity index (χ0) is 16.5. The fraction of sp³-hybridized carbons (Fsp3) is 0. The van der Waals surface area contributed by atoms with Crippen molar-refractivity contribution >= 4 is 11.1 Å². The van der Waals surface area contributed by atoms with E-state index >= 15 is 0 Å². The molecule has 0 nitrogen and oxygen atoms in total. The number of rotatable bonds is 2. The lowest BCUT2D eigenvalue weighted by Gasteiger charge is -2.09. The van der Waals surface area contributed by atoms with Gasteiger partial charge in [-0.2, -0.15) is 0 Å². The first kappa shape index (κ1) is 14.5. The van der Waals surface area contributed by atoms with Gasteiger partial charge in [-0.15, -0.1) is 0 Å². The minimum atomic E-state index is 1.13. The Morgan fingerprint density at radius 3 is 0.958 bits per heavy atom. The number of hydrogen-bond donors (Lipinski definition) is 0. The van der Waals surface area contributed by atoms with Crippen LogP contribution in [0, 0.1) is 20.9 Å². The first-order valence-electron chi connectivity index (χ1n) is 8.13. The van der Waals surface area contributed by atoms with Gasteiger partial charge in [0.15, 0.2) is 0 Å². The van der Waals surface area contributed by atoms with Gasteiger partial charge in [-0.3, -0.25) is 0 Å². The summed E-state index contributed by atoms with van der Waals surface area (Å²) >= 11 is 0. The van der Waals surface area contributed by atoms with E-state index in [1.807, 2.05) is 12.2 Å². The Balaban J connectivity index is 2.63. The van der Waals surface area contributed by atoms with Crippen molar-refractivity contribution in [2.24, 2.45) is 0 Å². The predicted octanol–water partition coefficient (Wildman–Crippen LogP) is 3.95. The van der Waals surface area contributed by atoms with Gasteiger partial charge in [0.05, 0.1) is 0 Å². The quantitative estimate of drug-likeness (QED) is 0.672. The van der Waals surface area contributed by atoms with Gasteiger partial charge in [-0.1, -0.05) is 98.1 Å². The van der Waals surface area contributed by atoms with E-state index in [1.54, 1.807) is 0 Å². The third-order valence-electron chi connectivity index (χ3n) is 4.64. The van der Waals surface area contributed by atoms with Crippen LogP contribution in [0.15, 0.2) is 98.1 Å². The Labute approximate surface area is 141 Å². The Hall–Kier alpha value is -3.12. The molecular formula is C24H18. The Morgan fingerprint density at radius 1 is 0.417 bits per heavy atom. The second kappa shape index (κ2) is 5.82. The standard InChI is InChI=1S/C24H18/c1-3-17-18(4-2)20-12-6-8-14-22(20)24-16-10-9-15-23(24)21-13-7-5-11-19(17)21/h3-16H,1-2H2. The fourth-order valence-corrected chi connectivity index (χ4v) is 3.59. The number of allylic oxidation sites excluding steroid dienone is 2. The van der Waals surface area contributed by atoms with E-state index in [2.05, 4.69) is 86.0 Å². The second-order valence-electron chi connectivity index (χ2n) is 5.87. The van der Waals surface area contributed by atoms with Crippen molar-refractivity contribution in [3.63, 3.8) is 0 Å². The van der Waals surface area contributed by atoms with Crippen LogP contribution in [0.5, 0.6) is 0 Å². The molecule has 24 heavy (non-hydrogen) atoms. The molecule has 3 aromatic carbocycles. The first-order chi connectivity index (χ1) is 11.8. The summed E-state index contributed by atoms with van der Waals surface area (Å²) in [5, 5.41) is 7.37. The zero-order valence-electron chi connectivity index (χ0n) is 13.5. The molecule has 0 radical (unpaired) electrons. The average Bonchev–Trinajstić information content (AvgIpc) is 2.65. The zero-order valence-corrected chi connectivity index (χ0v) is 13.5. The van der Waals surface area contributed by atoms with Crippen molar-refractivity contribution < 1.29 is 0 Å². The molecule has 0 aliphatic heterocycles. The molecule has 0 bridgehead atoms. The molecule has 0 saturated heterocycles. The summed E-state index contributed by atoms with van der Waals surface area (Å²) in [4.78, 5) is 0. The summed E-state index contributed by atoms with van der Waals surface area (Å²) in [6, 6.07) is 25.7. The van der Waals surface area contributed by atoms with Crippen LogP contribution in [0.3, 0.4) is 0 Å². The third-order valence-corrected chi connectivity index (χ3v) is 4.64. The van der Waals surface area contributed by atoms with Crippen molar-refractivity contribution in [3.8, 4) is 0 Å². The number of fused-ring (bicyclic) bond motifs is 3. The van der Waals surface area contributed by atoms with E-state index in [0.717, 1.165) is 11.1 Å². The molecule has 0 fully saturated rings. The molecule has 3 aromatic rings. The van der Waals surface area contributed by atoms with Crippen molar-refractivity contribution in [2.45, 2.75) is 0 Å². The van der Waals surface area contributed by atoms with Crippen LogP contribution in [-0.4, -0.2) is 0 Å². The maximum absolute atomic E-state index is 4.08. The molecule has 0 atom stereocenters. The monoisotopic (exact) mass is 306 g/mol. The Bertz CT molecular complexity index is 1170. The molecule has 0 heteroatoms. The number of benzene rings is 3. The number of hydrogen-bond acceptors (Lipinski definition) is 0. The van der Waals surface area contributed by atoms with Gasteiger partial charge < -0.3 is 0 Å². The highest BCUT2D eigenvalue weighted by molar-refractivity contribution is 5.98. The molecule has 0 saturated carbocycles. The fourth-order valence-electron chi connectivity index (χ4n) is 3.59. The van der Waals surface area contributed by atoms with Crippen LogP contribution in [0.1, 0.15) is 0 Å². The van der Waals surface area contributed by atoms with E-state index in [4.69, 9.17) is 0 Å². The van der Waals surface area contributed by atoms with E-state index in [-0.39, 0.29) is 0 Å². The summed E-state index contributed by atoms with van der Waals surface area (Å²) in [5.41, 5.74) is 2.25. The molecule has 0 aromatic heterocycles. The summed E-state index contributed by atoms with van der Waals surface area (Å²) in [6.45, 7) is 8.15. The van der Waals surface area contributed by atoms with Crippen LogP contribution in [0.25, 0.3) is 11.1 Å². The van der Waals surface area contributed by atoms with Gasteiger partial charge in [0.25, 0.3) is 0 Å². The summed E-state index contributed by atoms with van der Waals surface area (Å²) < 4.78 is 0. The average molecular weight is 306 g/mol. The van der Waals surface area contributed by atoms with Crippen LogP contribution in [0.2, 0.25) is 0 Å². The van der Waals surface area contributed by atoms with Gasteiger partial charge in [0.1, 0.15) is 0 Å². The van der Waals surface area contributed by atoms with Gasteiger partial charge in [-0.05, 0) is 42.5 Å². The Kier molecular flexibility index (Phi) is 3.51. The van der Waals surface area contributed by atoms with Gasteiger partial charge in [0.2, 0.25) is 0 Å². The molecular weight excluding hydrogens is 288 g/mol. The molecule has 0 heterocycles. The first-order valence-corrected chi connectivity index (χ1v) is 8.13. The van der Waals surface area contributed by atoms with Crippen LogP contribution >= 0.6 is 0 Å². The predicted molar refractivity (Wildman–Crippen MR) is 101 cm³/mol. The van der Waals surface area contributed by atoms with Gasteiger partial charge >= 0.3 is 0 Å². The highest BCUT2D eigenvalue weighted by atomic mass is 14.1. The highest BCUT2D eigenvalue weighted by Crippen LogP contribution is 2.14. The normalized spacial score (nSPS) is 12.3. The summed E-state index contributed by atoms with van der Waals surface area (Å²) in [5.74, 6) is 0. The summed E-state index contributed by atoms with van der Waals surface area (Å²) in [7, 11) is 0. The molecule has 0 amide bonds. The smallest absolute Gasteiger partial charge is 0.00990 e. The van der Waals surface area contributed by atoms with Crippen molar-refractivity contribution in [2.75, 3.05) is 0 Å². The van der Waals surface area contributed by atoms with E-state index < -0.39 is 0 Å². The lowest BCUT2D eigenvalue weighted by Crippen LogP contribution is -2.16. The third kappa shape index (κ3) is 2.08. The molecule has 0 unspecified atom stereocenters. The highest BCUT2D eigenvalue weighted by Gasteiger charge is 2.06. The topological polar surface area (TPSA) is 0 Å². The van der Waals surface area contributed by atoms with Gasteiger partial charge in [-0.25, -0.2) is 0 Å². The SMILES string of the molecule is C=CC1=c2ccccc2=c2ccccc2=c2ccccc2=C1C=C. The van der Waals surface area contributed by atoms with Crippen LogP contribution in [0.4, 0.5) is 0 Å². The lowest BCUT2D eigenvalue weighted by molar-refractivity contribution is 1.34. The minimum Gasteiger partial charge on any atom is -0.0984 e. The van der Waals surface area contributed by atoms with Crippen molar-refractivity contribution in [1.82, 2.24) is 0 Å². The van der Waals surface area contributed by atoms with Crippen LogP contribution in [-0.2, 0) is 0 Å². The summed E-state index contributed by atoms with van der Waals surface area (Å²) in [6.07, 6.45) is 3.89. The largest absolute Gasteiger partial charge is 0.0984 e.